The summed E-state index contributed by atoms with van der Waals surface area (Å²) in [6, 6.07) is 3.36. The lowest BCUT2D eigenvalue weighted by atomic mass is 10.1. The molecule has 1 atom stereocenters. The van der Waals surface area contributed by atoms with Gasteiger partial charge < -0.3 is 10.4 Å². The van der Waals surface area contributed by atoms with Gasteiger partial charge in [-0.2, -0.15) is 0 Å². The van der Waals surface area contributed by atoms with Gasteiger partial charge in [0.2, 0.25) is 5.91 Å². The molecule has 1 amide bonds. The Morgan fingerprint density at radius 2 is 2.16 bits per heavy atom. The van der Waals surface area contributed by atoms with Crippen LogP contribution in [0.4, 0.5) is 10.1 Å². The molecule has 0 bridgehead atoms. The fourth-order valence-electron chi connectivity index (χ4n) is 1.91. The number of carbonyl (C=O) groups is 2. The summed E-state index contributed by atoms with van der Waals surface area (Å²) < 4.78 is 13.5. The third-order valence-electron chi connectivity index (χ3n) is 2.94. The van der Waals surface area contributed by atoms with Crippen LogP contribution in [0.1, 0.15) is 29.6 Å². The van der Waals surface area contributed by atoms with Gasteiger partial charge in [-0.05, 0) is 36.8 Å². The number of anilines is 1. The molecule has 2 rings (SSSR count). The van der Waals surface area contributed by atoms with Crippen molar-refractivity contribution >= 4 is 29.3 Å². The number of hydrogen-bond acceptors (Lipinski definition) is 3. The van der Waals surface area contributed by atoms with Crippen molar-refractivity contribution in [2.75, 3.05) is 11.1 Å². The Bertz CT molecular complexity index is 501. The molecule has 0 saturated carbocycles. The van der Waals surface area contributed by atoms with Crippen molar-refractivity contribution in [1.29, 1.82) is 0 Å². The SMILES string of the molecule is O=C(O)c1ccc(F)c(NC(=O)C2CCCCS2)c1. The van der Waals surface area contributed by atoms with Gasteiger partial charge in [0, 0.05) is 0 Å². The van der Waals surface area contributed by atoms with Gasteiger partial charge in [-0.3, -0.25) is 4.79 Å². The van der Waals surface area contributed by atoms with Crippen LogP contribution in [0.3, 0.4) is 0 Å². The van der Waals surface area contributed by atoms with Crippen molar-refractivity contribution in [3.63, 3.8) is 0 Å². The van der Waals surface area contributed by atoms with E-state index in [1.54, 1.807) is 11.8 Å². The molecule has 1 aromatic carbocycles. The molecular weight excluding hydrogens is 269 g/mol. The zero-order chi connectivity index (χ0) is 13.8. The van der Waals surface area contributed by atoms with E-state index in [0.29, 0.717) is 0 Å². The Morgan fingerprint density at radius 3 is 2.79 bits per heavy atom. The van der Waals surface area contributed by atoms with Crippen LogP contribution in [0, 0.1) is 5.82 Å². The summed E-state index contributed by atoms with van der Waals surface area (Å²) >= 11 is 1.56. The molecule has 0 aromatic heterocycles. The standard InChI is InChI=1S/C13H14FNO3S/c14-9-5-4-8(13(17)18)7-10(9)15-12(16)11-3-1-2-6-19-11/h4-5,7,11H,1-3,6H2,(H,15,16)(H,17,18). The highest BCUT2D eigenvalue weighted by Gasteiger charge is 2.22. The second-order valence-electron chi connectivity index (χ2n) is 4.34. The number of rotatable bonds is 3. The number of benzene rings is 1. The summed E-state index contributed by atoms with van der Waals surface area (Å²) in [4.78, 5) is 22.8. The molecule has 1 aliphatic heterocycles. The van der Waals surface area contributed by atoms with Crippen LogP contribution in [-0.2, 0) is 4.79 Å². The monoisotopic (exact) mass is 283 g/mol. The van der Waals surface area contributed by atoms with Crippen LogP contribution in [0.2, 0.25) is 0 Å². The first-order valence-electron chi connectivity index (χ1n) is 6.03. The zero-order valence-electron chi connectivity index (χ0n) is 10.2. The number of aromatic carboxylic acids is 1. The van der Waals surface area contributed by atoms with Gasteiger partial charge >= 0.3 is 5.97 Å². The number of amides is 1. The number of nitrogens with one attached hydrogen (secondary N) is 1. The summed E-state index contributed by atoms with van der Waals surface area (Å²) in [6.45, 7) is 0. The fourth-order valence-corrected chi connectivity index (χ4v) is 3.11. The minimum Gasteiger partial charge on any atom is -0.478 e. The van der Waals surface area contributed by atoms with E-state index in [2.05, 4.69) is 5.32 Å². The summed E-state index contributed by atoms with van der Waals surface area (Å²) in [5, 5.41) is 11.1. The molecule has 19 heavy (non-hydrogen) atoms. The van der Waals surface area contributed by atoms with E-state index in [1.807, 2.05) is 0 Å². The maximum atomic E-state index is 13.5. The van der Waals surface area contributed by atoms with Crippen LogP contribution in [0.15, 0.2) is 18.2 Å². The molecule has 1 fully saturated rings. The van der Waals surface area contributed by atoms with Gasteiger partial charge in [0.05, 0.1) is 16.5 Å². The van der Waals surface area contributed by atoms with Gasteiger partial charge in [-0.25, -0.2) is 9.18 Å². The Hall–Kier alpha value is -1.56. The number of carboxylic acid groups (broad SMARTS) is 1. The average Bonchev–Trinajstić information content (AvgIpc) is 2.42. The van der Waals surface area contributed by atoms with E-state index >= 15 is 0 Å². The highest BCUT2D eigenvalue weighted by atomic mass is 32.2. The van der Waals surface area contributed by atoms with Crippen molar-refractivity contribution in [3.05, 3.63) is 29.6 Å². The molecule has 6 heteroatoms. The first-order valence-corrected chi connectivity index (χ1v) is 7.08. The van der Waals surface area contributed by atoms with Crippen molar-refractivity contribution in [1.82, 2.24) is 0 Å². The summed E-state index contributed by atoms with van der Waals surface area (Å²) in [7, 11) is 0. The van der Waals surface area contributed by atoms with Crippen LogP contribution >= 0.6 is 11.8 Å². The lowest BCUT2D eigenvalue weighted by Crippen LogP contribution is -2.28. The second kappa shape index (κ2) is 6.06. The topological polar surface area (TPSA) is 66.4 Å². The van der Waals surface area contributed by atoms with Crippen molar-refractivity contribution < 1.29 is 19.1 Å². The molecule has 0 aliphatic carbocycles. The number of hydrogen-bond donors (Lipinski definition) is 2. The minimum absolute atomic E-state index is 0.0482. The smallest absolute Gasteiger partial charge is 0.335 e. The Labute approximate surface area is 114 Å². The molecule has 1 heterocycles. The quantitative estimate of drug-likeness (QED) is 0.895. The summed E-state index contributed by atoms with van der Waals surface area (Å²) in [5.74, 6) is -1.11. The summed E-state index contributed by atoms with van der Waals surface area (Å²) in [5.41, 5.74) is -0.121. The third-order valence-corrected chi connectivity index (χ3v) is 4.32. The molecule has 102 valence electrons. The van der Waals surface area contributed by atoms with Gasteiger partial charge in [0.1, 0.15) is 5.82 Å². The number of carboxylic acids is 1. The van der Waals surface area contributed by atoms with Crippen molar-refractivity contribution in [2.24, 2.45) is 0 Å². The van der Waals surface area contributed by atoms with Crippen LogP contribution in [0.5, 0.6) is 0 Å². The second-order valence-corrected chi connectivity index (χ2v) is 5.65. The van der Waals surface area contributed by atoms with Gasteiger partial charge in [0.25, 0.3) is 0 Å². The summed E-state index contributed by atoms with van der Waals surface area (Å²) in [6.07, 6.45) is 2.86. The normalized spacial score (nSPS) is 18.9. The highest BCUT2D eigenvalue weighted by molar-refractivity contribution is 8.00. The largest absolute Gasteiger partial charge is 0.478 e. The Morgan fingerprint density at radius 1 is 1.37 bits per heavy atom. The van der Waals surface area contributed by atoms with E-state index in [-0.39, 0.29) is 22.4 Å². The lowest BCUT2D eigenvalue weighted by molar-refractivity contribution is -0.115. The maximum absolute atomic E-state index is 13.5. The number of carbonyl (C=O) groups excluding carboxylic acids is 1. The van der Waals surface area contributed by atoms with E-state index in [4.69, 9.17) is 5.11 Å². The van der Waals surface area contributed by atoms with Gasteiger partial charge in [0.15, 0.2) is 0 Å². The molecule has 1 unspecified atom stereocenters. The molecule has 1 aromatic rings. The van der Waals surface area contributed by atoms with Crippen molar-refractivity contribution in [3.8, 4) is 0 Å². The van der Waals surface area contributed by atoms with Crippen LogP contribution < -0.4 is 5.32 Å². The zero-order valence-corrected chi connectivity index (χ0v) is 11.0. The molecule has 1 aliphatic rings. The van der Waals surface area contributed by atoms with Crippen molar-refractivity contribution in [2.45, 2.75) is 24.5 Å². The predicted molar refractivity (Wildman–Crippen MR) is 72.1 cm³/mol. The molecule has 2 N–H and O–H groups in total. The fraction of sp³-hybridized carbons (Fsp3) is 0.385. The first kappa shape index (κ1) is 13.9. The number of halogens is 1. The average molecular weight is 283 g/mol. The molecule has 0 radical (unpaired) electrons. The maximum Gasteiger partial charge on any atom is 0.335 e. The van der Waals surface area contributed by atoms with Gasteiger partial charge in [-0.1, -0.05) is 6.42 Å². The predicted octanol–water partition coefficient (Wildman–Crippen LogP) is 2.75. The number of thioether (sulfide) groups is 1. The molecule has 4 nitrogen and oxygen atoms in total. The van der Waals surface area contributed by atoms with E-state index in [1.165, 1.54) is 6.07 Å². The van der Waals surface area contributed by atoms with Crippen LogP contribution in [0.25, 0.3) is 0 Å². The molecule has 0 spiro atoms. The Kier molecular flexibility index (Phi) is 4.42. The minimum atomic E-state index is -1.15. The molecule has 1 saturated heterocycles. The third kappa shape index (κ3) is 3.47. The van der Waals surface area contributed by atoms with E-state index in [0.717, 1.165) is 37.1 Å². The highest BCUT2D eigenvalue weighted by Crippen LogP contribution is 2.26. The lowest BCUT2D eigenvalue weighted by Gasteiger charge is -2.20. The van der Waals surface area contributed by atoms with Gasteiger partial charge in [-0.15, -0.1) is 11.8 Å². The van der Waals surface area contributed by atoms with Crippen LogP contribution in [-0.4, -0.2) is 28.0 Å². The first-order chi connectivity index (χ1) is 9.08. The van der Waals surface area contributed by atoms with E-state index in [9.17, 15) is 14.0 Å². The molecular formula is C13H14FNO3S. The Balaban J connectivity index is 2.11. The van der Waals surface area contributed by atoms with E-state index < -0.39 is 11.8 Å².